The van der Waals surface area contributed by atoms with E-state index < -0.39 is 18.0 Å². The van der Waals surface area contributed by atoms with Gasteiger partial charge in [0.15, 0.2) is 12.3 Å². The van der Waals surface area contributed by atoms with E-state index in [0.717, 1.165) is 12.8 Å². The van der Waals surface area contributed by atoms with Crippen LogP contribution in [-0.4, -0.2) is 57.4 Å². The van der Waals surface area contributed by atoms with Crippen LogP contribution in [-0.2, 0) is 20.5 Å². The van der Waals surface area contributed by atoms with Gasteiger partial charge in [0, 0.05) is 19.1 Å². The first-order chi connectivity index (χ1) is 14.7. The van der Waals surface area contributed by atoms with Crippen molar-refractivity contribution < 1.29 is 27.5 Å². The number of hydrogen-bond acceptors (Lipinski definition) is 7. The number of halogens is 3. The summed E-state index contributed by atoms with van der Waals surface area (Å²) in [5, 5.41) is 13.4. The molecule has 2 aromatic rings. The van der Waals surface area contributed by atoms with Crippen LogP contribution in [0.25, 0.3) is 5.65 Å². The van der Waals surface area contributed by atoms with Gasteiger partial charge in [0.2, 0.25) is 0 Å². The standard InChI is InChI=1S/C19H25F3N6O3/c1-3-4-12(2)23-16(29)11-31-17(30)13-7-9-27(10-8-13)15-6-5-14-24-25-18(19(20,21)22)28(14)26-15/h5-6,12-13H,3-4,7-11H2,1-2H3,(H,23,29). The van der Waals surface area contributed by atoms with Crippen LogP contribution in [0.3, 0.4) is 0 Å². The van der Waals surface area contributed by atoms with Crippen LogP contribution in [0.2, 0.25) is 0 Å². The highest BCUT2D eigenvalue weighted by Crippen LogP contribution is 2.28. The summed E-state index contributed by atoms with van der Waals surface area (Å²) in [6.45, 7) is 4.42. The lowest BCUT2D eigenvalue weighted by Gasteiger charge is -2.31. The van der Waals surface area contributed by atoms with Gasteiger partial charge in [-0.2, -0.15) is 17.7 Å². The average molecular weight is 442 g/mol. The van der Waals surface area contributed by atoms with Crippen LogP contribution >= 0.6 is 0 Å². The third-order valence-corrected chi connectivity index (χ3v) is 5.13. The summed E-state index contributed by atoms with van der Waals surface area (Å²) in [6, 6.07) is 3.01. The maximum absolute atomic E-state index is 13.0. The number of esters is 1. The molecule has 3 heterocycles. The summed E-state index contributed by atoms with van der Waals surface area (Å²) in [5.74, 6) is -2.00. The van der Waals surface area contributed by atoms with Crippen molar-refractivity contribution in [3.05, 3.63) is 18.0 Å². The normalized spacial score (nSPS) is 16.4. The van der Waals surface area contributed by atoms with E-state index in [2.05, 4.69) is 20.6 Å². The lowest BCUT2D eigenvalue weighted by molar-refractivity contribution is -0.153. The summed E-state index contributed by atoms with van der Waals surface area (Å²) in [4.78, 5) is 25.9. The molecule has 0 bridgehead atoms. The molecule has 3 rings (SSSR count). The molecule has 0 saturated carbocycles. The lowest BCUT2D eigenvalue weighted by Crippen LogP contribution is -2.39. The molecule has 0 spiro atoms. The third-order valence-electron chi connectivity index (χ3n) is 5.13. The highest BCUT2D eigenvalue weighted by molar-refractivity contribution is 5.81. The summed E-state index contributed by atoms with van der Waals surface area (Å²) >= 11 is 0. The van der Waals surface area contributed by atoms with E-state index in [9.17, 15) is 22.8 Å². The first-order valence-electron chi connectivity index (χ1n) is 10.2. The lowest BCUT2D eigenvalue weighted by atomic mass is 9.97. The van der Waals surface area contributed by atoms with Gasteiger partial charge < -0.3 is 15.0 Å². The predicted octanol–water partition coefficient (Wildman–Crippen LogP) is 2.21. The average Bonchev–Trinajstić information content (AvgIpc) is 3.16. The van der Waals surface area contributed by atoms with Crippen LogP contribution in [0.4, 0.5) is 19.0 Å². The van der Waals surface area contributed by atoms with Crippen LogP contribution in [0, 0.1) is 5.92 Å². The Kier molecular flexibility index (Phi) is 6.96. The van der Waals surface area contributed by atoms with E-state index in [1.165, 1.54) is 6.07 Å². The summed E-state index contributed by atoms with van der Waals surface area (Å²) < 4.78 is 44.9. The molecule has 2 aromatic heterocycles. The second-order valence-electron chi connectivity index (χ2n) is 7.61. The van der Waals surface area contributed by atoms with Crippen molar-refractivity contribution in [1.29, 1.82) is 0 Å². The smallest absolute Gasteiger partial charge is 0.453 e. The monoisotopic (exact) mass is 442 g/mol. The molecular weight excluding hydrogens is 417 g/mol. The Balaban J connectivity index is 1.53. The number of fused-ring (bicyclic) bond motifs is 1. The Labute approximate surface area is 176 Å². The summed E-state index contributed by atoms with van der Waals surface area (Å²) in [5.41, 5.74) is 0.000991. The van der Waals surface area contributed by atoms with Gasteiger partial charge in [0.1, 0.15) is 5.82 Å². The fourth-order valence-corrected chi connectivity index (χ4v) is 3.55. The fourth-order valence-electron chi connectivity index (χ4n) is 3.55. The first-order valence-corrected chi connectivity index (χ1v) is 10.2. The number of piperidine rings is 1. The SMILES string of the molecule is CCCC(C)NC(=O)COC(=O)C1CCN(c2ccc3nnc(C(F)(F)F)n3n2)CC1. The molecule has 1 aliphatic heterocycles. The molecule has 12 heteroatoms. The van der Waals surface area contributed by atoms with E-state index >= 15 is 0 Å². The van der Waals surface area contributed by atoms with Gasteiger partial charge in [-0.3, -0.25) is 9.59 Å². The zero-order valence-electron chi connectivity index (χ0n) is 17.4. The van der Waals surface area contributed by atoms with Crippen molar-refractivity contribution in [3.63, 3.8) is 0 Å². The van der Waals surface area contributed by atoms with Crippen molar-refractivity contribution in [2.45, 2.75) is 51.7 Å². The summed E-state index contributed by atoms with van der Waals surface area (Å²) in [7, 11) is 0. The molecule has 1 unspecified atom stereocenters. The summed E-state index contributed by atoms with van der Waals surface area (Å²) in [6.07, 6.45) is -1.99. The molecule has 1 aliphatic rings. The number of alkyl halides is 3. The number of carbonyl (C=O) groups is 2. The van der Waals surface area contributed by atoms with Crippen molar-refractivity contribution in [2.75, 3.05) is 24.6 Å². The van der Waals surface area contributed by atoms with Crippen molar-refractivity contribution >= 4 is 23.3 Å². The van der Waals surface area contributed by atoms with Crippen molar-refractivity contribution in [3.8, 4) is 0 Å². The second-order valence-corrected chi connectivity index (χ2v) is 7.61. The molecule has 1 amide bonds. The van der Waals surface area contributed by atoms with Crippen molar-refractivity contribution in [1.82, 2.24) is 25.1 Å². The number of rotatable bonds is 7. The van der Waals surface area contributed by atoms with Crippen LogP contribution < -0.4 is 10.2 Å². The third kappa shape index (κ3) is 5.61. The minimum Gasteiger partial charge on any atom is -0.455 e. The molecule has 170 valence electrons. The van der Waals surface area contributed by atoms with Crippen molar-refractivity contribution in [2.24, 2.45) is 5.92 Å². The van der Waals surface area contributed by atoms with Gasteiger partial charge >= 0.3 is 12.1 Å². The number of carbonyl (C=O) groups excluding carboxylic acids is 2. The van der Waals surface area contributed by atoms with E-state index in [0.29, 0.717) is 36.3 Å². The van der Waals surface area contributed by atoms with E-state index in [1.54, 1.807) is 11.0 Å². The van der Waals surface area contributed by atoms with Gasteiger partial charge in [0.05, 0.1) is 5.92 Å². The maximum atomic E-state index is 13.0. The minimum absolute atomic E-state index is 0.000991. The van der Waals surface area contributed by atoms with Crippen LogP contribution in [0.15, 0.2) is 12.1 Å². The molecular formula is C19H25F3N6O3. The van der Waals surface area contributed by atoms with Crippen LogP contribution in [0.5, 0.6) is 0 Å². The number of ether oxygens (including phenoxy) is 1. The zero-order valence-corrected chi connectivity index (χ0v) is 17.4. The maximum Gasteiger partial charge on any atom is 0.453 e. The molecule has 1 saturated heterocycles. The Morgan fingerprint density at radius 2 is 1.97 bits per heavy atom. The fraction of sp³-hybridized carbons (Fsp3) is 0.632. The Bertz CT molecular complexity index is 924. The van der Waals surface area contributed by atoms with Gasteiger partial charge in [-0.05, 0) is 38.3 Å². The molecule has 1 fully saturated rings. The highest BCUT2D eigenvalue weighted by Gasteiger charge is 2.38. The molecule has 0 radical (unpaired) electrons. The number of hydrogen-bond donors (Lipinski definition) is 1. The molecule has 1 N–H and O–H groups in total. The predicted molar refractivity (Wildman–Crippen MR) is 104 cm³/mol. The molecule has 1 atom stereocenters. The zero-order chi connectivity index (χ0) is 22.6. The van der Waals surface area contributed by atoms with Gasteiger partial charge in [-0.1, -0.05) is 13.3 Å². The molecule has 0 aliphatic carbocycles. The molecule has 9 nitrogen and oxygen atoms in total. The topological polar surface area (TPSA) is 102 Å². The number of nitrogens with zero attached hydrogens (tertiary/aromatic N) is 5. The number of aromatic nitrogens is 4. The quantitative estimate of drug-likeness (QED) is 0.656. The molecule has 31 heavy (non-hydrogen) atoms. The van der Waals surface area contributed by atoms with E-state index in [1.807, 2.05) is 13.8 Å². The largest absolute Gasteiger partial charge is 0.455 e. The highest BCUT2D eigenvalue weighted by atomic mass is 19.4. The van der Waals surface area contributed by atoms with E-state index in [-0.39, 0.29) is 30.1 Å². The van der Waals surface area contributed by atoms with Gasteiger partial charge in [-0.25, -0.2) is 0 Å². The van der Waals surface area contributed by atoms with E-state index in [4.69, 9.17) is 4.74 Å². The Hall–Kier alpha value is -2.92. The van der Waals surface area contributed by atoms with Gasteiger partial charge in [0.25, 0.3) is 11.7 Å². The second kappa shape index (κ2) is 9.48. The first kappa shape index (κ1) is 22.8. The minimum atomic E-state index is -4.66. The Morgan fingerprint density at radius 3 is 2.61 bits per heavy atom. The number of anilines is 1. The van der Waals surface area contributed by atoms with Gasteiger partial charge in [-0.15, -0.1) is 15.3 Å². The number of nitrogens with one attached hydrogen (secondary N) is 1. The number of amides is 1. The Morgan fingerprint density at radius 1 is 1.26 bits per heavy atom. The molecule has 0 aromatic carbocycles. The van der Waals surface area contributed by atoms with Crippen LogP contribution in [0.1, 0.15) is 45.4 Å².